The van der Waals surface area contributed by atoms with Crippen LogP contribution in [0.1, 0.15) is 39.5 Å². The lowest BCUT2D eigenvalue weighted by molar-refractivity contribution is 0.317. The molecule has 3 heteroatoms. The van der Waals surface area contributed by atoms with Gasteiger partial charge in [0, 0.05) is 28.6 Å². The Balaban J connectivity index is 1.96. The minimum atomic E-state index is 0.680. The van der Waals surface area contributed by atoms with Crippen LogP contribution in [0.5, 0.6) is 0 Å². The zero-order valence-electron chi connectivity index (χ0n) is 11.4. The first kappa shape index (κ1) is 13.9. The van der Waals surface area contributed by atoms with Crippen molar-refractivity contribution in [3.8, 4) is 0 Å². The molecule has 18 heavy (non-hydrogen) atoms. The van der Waals surface area contributed by atoms with Gasteiger partial charge in [-0.2, -0.15) is 0 Å². The monoisotopic (exact) mass is 264 g/mol. The molecule has 2 rings (SSSR count). The lowest BCUT2D eigenvalue weighted by atomic mass is 9.87. The highest BCUT2D eigenvalue weighted by molar-refractivity contribution is 8.00. The number of pyridine rings is 1. The summed E-state index contributed by atoms with van der Waals surface area (Å²) in [5, 5.41) is 4.44. The largest absolute Gasteiger partial charge is 0.313 e. The fraction of sp³-hybridized carbons (Fsp3) is 0.667. The number of hydrogen-bond acceptors (Lipinski definition) is 3. The maximum Gasteiger partial charge on any atom is 0.0278 e. The highest BCUT2D eigenvalue weighted by Gasteiger charge is 2.28. The summed E-state index contributed by atoms with van der Waals surface area (Å²) in [6, 6.07) is 4.93. The van der Waals surface area contributed by atoms with E-state index in [0.717, 1.165) is 12.5 Å². The Morgan fingerprint density at radius 2 is 2.11 bits per heavy atom. The molecule has 0 spiro atoms. The molecular formula is C15H24N2S. The molecular weight excluding hydrogens is 240 g/mol. The zero-order valence-corrected chi connectivity index (χ0v) is 12.2. The van der Waals surface area contributed by atoms with E-state index in [9.17, 15) is 0 Å². The van der Waals surface area contributed by atoms with Gasteiger partial charge in [0.1, 0.15) is 0 Å². The van der Waals surface area contributed by atoms with Crippen molar-refractivity contribution in [2.45, 2.75) is 55.7 Å². The molecule has 100 valence electrons. The van der Waals surface area contributed by atoms with Gasteiger partial charge < -0.3 is 5.32 Å². The first-order valence-electron chi connectivity index (χ1n) is 7.09. The summed E-state index contributed by atoms with van der Waals surface area (Å²) >= 11 is 2.02. The van der Waals surface area contributed by atoms with E-state index in [1.807, 2.05) is 24.2 Å². The molecule has 1 N–H and O–H groups in total. The van der Waals surface area contributed by atoms with E-state index in [0.29, 0.717) is 11.3 Å². The second-order valence-electron chi connectivity index (χ2n) is 5.32. The second kappa shape index (κ2) is 7.15. The van der Waals surface area contributed by atoms with Crippen LogP contribution in [0.25, 0.3) is 0 Å². The smallest absolute Gasteiger partial charge is 0.0278 e. The van der Waals surface area contributed by atoms with Crippen molar-refractivity contribution in [2.24, 2.45) is 5.92 Å². The molecule has 0 amide bonds. The van der Waals surface area contributed by atoms with Crippen LogP contribution in [0.3, 0.4) is 0 Å². The van der Waals surface area contributed by atoms with Crippen molar-refractivity contribution in [1.82, 2.24) is 10.3 Å². The molecule has 1 heterocycles. The highest BCUT2D eigenvalue weighted by Crippen LogP contribution is 2.36. The van der Waals surface area contributed by atoms with Gasteiger partial charge >= 0.3 is 0 Å². The van der Waals surface area contributed by atoms with Gasteiger partial charge in [0.05, 0.1) is 0 Å². The number of nitrogens with one attached hydrogen (secondary N) is 1. The SMILES string of the molecule is CCCNC1CCC(C)CC1Sc1ccncc1. The summed E-state index contributed by atoms with van der Waals surface area (Å²) in [5.74, 6) is 0.865. The lowest BCUT2D eigenvalue weighted by Gasteiger charge is -2.35. The summed E-state index contributed by atoms with van der Waals surface area (Å²) in [6.45, 7) is 5.77. The van der Waals surface area contributed by atoms with E-state index >= 15 is 0 Å². The van der Waals surface area contributed by atoms with Crippen LogP contribution in [0.15, 0.2) is 29.4 Å². The number of aromatic nitrogens is 1. The van der Waals surface area contributed by atoms with Gasteiger partial charge in [-0.05, 0) is 50.3 Å². The molecule has 0 aromatic carbocycles. The normalized spacial score (nSPS) is 28.2. The van der Waals surface area contributed by atoms with Crippen LogP contribution in [0, 0.1) is 5.92 Å². The Bertz CT molecular complexity index is 340. The van der Waals surface area contributed by atoms with Gasteiger partial charge in [-0.25, -0.2) is 0 Å². The van der Waals surface area contributed by atoms with Crippen molar-refractivity contribution >= 4 is 11.8 Å². The quantitative estimate of drug-likeness (QED) is 0.877. The third-order valence-electron chi connectivity index (χ3n) is 3.65. The summed E-state index contributed by atoms with van der Waals surface area (Å²) in [6.07, 6.45) is 9.03. The van der Waals surface area contributed by atoms with Crippen molar-refractivity contribution in [2.75, 3.05) is 6.54 Å². The van der Waals surface area contributed by atoms with Gasteiger partial charge in [-0.1, -0.05) is 13.8 Å². The van der Waals surface area contributed by atoms with Gasteiger partial charge in [0.2, 0.25) is 0 Å². The van der Waals surface area contributed by atoms with E-state index in [1.165, 1.54) is 30.6 Å². The number of nitrogens with zero attached hydrogens (tertiary/aromatic N) is 1. The van der Waals surface area contributed by atoms with E-state index in [2.05, 4.69) is 36.3 Å². The predicted molar refractivity (Wildman–Crippen MR) is 79.0 cm³/mol. The van der Waals surface area contributed by atoms with Gasteiger partial charge in [0.25, 0.3) is 0 Å². The summed E-state index contributed by atoms with van der Waals surface area (Å²) in [7, 11) is 0. The van der Waals surface area contributed by atoms with Crippen LogP contribution in [0.2, 0.25) is 0 Å². The molecule has 1 saturated carbocycles. The van der Waals surface area contributed by atoms with E-state index < -0.39 is 0 Å². The molecule has 0 aliphatic heterocycles. The van der Waals surface area contributed by atoms with Crippen LogP contribution in [0.4, 0.5) is 0 Å². The number of rotatable bonds is 5. The fourth-order valence-corrected chi connectivity index (χ4v) is 4.06. The van der Waals surface area contributed by atoms with Crippen molar-refractivity contribution in [1.29, 1.82) is 0 Å². The predicted octanol–water partition coefficient (Wildman–Crippen LogP) is 3.73. The minimum absolute atomic E-state index is 0.680. The molecule has 1 aromatic heterocycles. The van der Waals surface area contributed by atoms with Gasteiger partial charge in [-0.15, -0.1) is 11.8 Å². The van der Waals surface area contributed by atoms with Crippen LogP contribution in [-0.2, 0) is 0 Å². The molecule has 3 atom stereocenters. The maximum absolute atomic E-state index is 4.09. The maximum atomic E-state index is 4.09. The zero-order chi connectivity index (χ0) is 12.8. The molecule has 2 nitrogen and oxygen atoms in total. The van der Waals surface area contributed by atoms with Crippen LogP contribution < -0.4 is 5.32 Å². The molecule has 0 saturated heterocycles. The molecule has 3 unspecified atom stereocenters. The highest BCUT2D eigenvalue weighted by atomic mass is 32.2. The van der Waals surface area contributed by atoms with Gasteiger partial charge in [0.15, 0.2) is 0 Å². The van der Waals surface area contributed by atoms with E-state index in [4.69, 9.17) is 0 Å². The standard InChI is InChI=1S/C15H24N2S/c1-3-8-17-14-5-4-12(2)11-15(14)18-13-6-9-16-10-7-13/h6-7,9-10,12,14-15,17H,3-5,8,11H2,1-2H3. The number of hydrogen-bond donors (Lipinski definition) is 1. The van der Waals surface area contributed by atoms with Gasteiger partial charge in [-0.3, -0.25) is 4.98 Å². The third-order valence-corrected chi connectivity index (χ3v) is 5.02. The molecule has 1 aliphatic rings. The van der Waals surface area contributed by atoms with E-state index in [-0.39, 0.29) is 0 Å². The Hall–Kier alpha value is -0.540. The topological polar surface area (TPSA) is 24.9 Å². The average Bonchev–Trinajstić information content (AvgIpc) is 2.39. The minimum Gasteiger partial charge on any atom is -0.313 e. The second-order valence-corrected chi connectivity index (χ2v) is 6.63. The first-order chi connectivity index (χ1) is 8.79. The van der Waals surface area contributed by atoms with Crippen molar-refractivity contribution < 1.29 is 0 Å². The molecule has 1 aromatic rings. The fourth-order valence-electron chi connectivity index (χ4n) is 2.61. The van der Waals surface area contributed by atoms with Crippen LogP contribution in [-0.4, -0.2) is 22.8 Å². The summed E-state index contributed by atoms with van der Waals surface area (Å²) in [5.41, 5.74) is 0. The Morgan fingerprint density at radius 3 is 2.83 bits per heavy atom. The third kappa shape index (κ3) is 3.99. The van der Waals surface area contributed by atoms with Crippen LogP contribution >= 0.6 is 11.8 Å². The number of thioether (sulfide) groups is 1. The lowest BCUT2D eigenvalue weighted by Crippen LogP contribution is -2.42. The summed E-state index contributed by atoms with van der Waals surface area (Å²) in [4.78, 5) is 5.45. The molecule has 0 radical (unpaired) electrons. The van der Waals surface area contributed by atoms with Crippen molar-refractivity contribution in [3.63, 3.8) is 0 Å². The molecule has 1 aliphatic carbocycles. The Morgan fingerprint density at radius 1 is 1.33 bits per heavy atom. The Kier molecular flexibility index (Phi) is 5.51. The first-order valence-corrected chi connectivity index (χ1v) is 7.97. The van der Waals surface area contributed by atoms with Crippen molar-refractivity contribution in [3.05, 3.63) is 24.5 Å². The summed E-state index contributed by atoms with van der Waals surface area (Å²) < 4.78 is 0. The average molecular weight is 264 g/mol. The Labute approximate surface area is 115 Å². The molecule has 1 fully saturated rings. The van der Waals surface area contributed by atoms with E-state index in [1.54, 1.807) is 0 Å². The molecule has 0 bridgehead atoms.